The fourth-order valence-corrected chi connectivity index (χ4v) is 1.88. The molecule has 2 saturated heterocycles. The highest BCUT2D eigenvalue weighted by atomic mass is 15.8. The lowest BCUT2D eigenvalue weighted by molar-refractivity contribution is 0.177. The molecular weight excluding hydrogens is 126 g/mol. The summed E-state index contributed by atoms with van der Waals surface area (Å²) in [6.07, 6.45) is 0.226. The van der Waals surface area contributed by atoms with Gasteiger partial charge in [-0.15, -0.1) is 0 Å². The molecule has 3 heteroatoms. The molecule has 2 rings (SSSR count). The van der Waals surface area contributed by atoms with Crippen LogP contribution in [0.2, 0.25) is 0 Å². The molecule has 0 bridgehead atoms. The molecule has 2 heterocycles. The fourth-order valence-electron chi connectivity index (χ4n) is 1.88. The summed E-state index contributed by atoms with van der Waals surface area (Å²) in [4.78, 5) is 0. The van der Waals surface area contributed by atoms with E-state index in [1.54, 1.807) is 0 Å². The summed E-state index contributed by atoms with van der Waals surface area (Å²) in [5, 5.41) is 2.24. The average molecular weight is 141 g/mol. The van der Waals surface area contributed by atoms with Gasteiger partial charge in [0, 0.05) is 6.04 Å². The Morgan fingerprint density at radius 2 is 2.00 bits per heavy atom. The summed E-state index contributed by atoms with van der Waals surface area (Å²) < 4.78 is 0. The van der Waals surface area contributed by atoms with Crippen molar-refractivity contribution in [1.29, 1.82) is 0 Å². The van der Waals surface area contributed by atoms with Gasteiger partial charge in [0.2, 0.25) is 0 Å². The minimum Gasteiger partial charge on any atom is -0.313 e. The lowest BCUT2D eigenvalue weighted by atomic mass is 9.90. The summed E-state index contributed by atoms with van der Waals surface area (Å²) in [5.41, 5.74) is 9.23. The molecule has 3 nitrogen and oxygen atoms in total. The molecular formula is C7H15N3. The first kappa shape index (κ1) is 6.58. The average Bonchev–Trinajstić information content (AvgIpc) is 2.33. The third-order valence-electron chi connectivity index (χ3n) is 2.41. The van der Waals surface area contributed by atoms with Gasteiger partial charge in [-0.05, 0) is 5.41 Å². The third-order valence-corrected chi connectivity index (χ3v) is 2.41. The minimum atomic E-state index is 0.226. The molecule has 0 aromatic heterocycles. The molecule has 2 aliphatic heterocycles. The van der Waals surface area contributed by atoms with Crippen LogP contribution in [0.4, 0.5) is 0 Å². The number of hydrogen-bond donors (Lipinski definition) is 2. The van der Waals surface area contributed by atoms with Crippen molar-refractivity contribution in [2.24, 2.45) is 11.1 Å². The van der Waals surface area contributed by atoms with Crippen LogP contribution in [0.25, 0.3) is 0 Å². The highest BCUT2D eigenvalue weighted by molar-refractivity contribution is 5.16. The SMILES string of the molecule is CC(C)(C)C1C2C(N)NN21. The Morgan fingerprint density at radius 1 is 1.40 bits per heavy atom. The highest BCUT2D eigenvalue weighted by Gasteiger charge is 2.64. The highest BCUT2D eigenvalue weighted by Crippen LogP contribution is 2.45. The summed E-state index contributed by atoms with van der Waals surface area (Å²) in [6, 6.07) is 1.29. The lowest BCUT2D eigenvalue weighted by Crippen LogP contribution is -2.56. The first-order valence-corrected chi connectivity index (χ1v) is 3.82. The molecule has 4 unspecified atom stereocenters. The Bertz CT molecular complexity index is 161. The predicted octanol–water partition coefficient (Wildman–Crippen LogP) is -0.112. The number of hydrogen-bond acceptors (Lipinski definition) is 3. The van der Waals surface area contributed by atoms with Crippen LogP contribution in [0.1, 0.15) is 20.8 Å². The normalized spacial score (nSPS) is 51.6. The quantitative estimate of drug-likeness (QED) is 0.462. The van der Waals surface area contributed by atoms with Crippen LogP contribution in [-0.4, -0.2) is 23.3 Å². The van der Waals surface area contributed by atoms with Crippen molar-refractivity contribution < 1.29 is 0 Å². The van der Waals surface area contributed by atoms with E-state index in [4.69, 9.17) is 5.73 Å². The second kappa shape index (κ2) is 1.55. The largest absolute Gasteiger partial charge is 0.313 e. The minimum absolute atomic E-state index is 0.226. The number of hydrazine groups is 1. The van der Waals surface area contributed by atoms with Gasteiger partial charge in [0.05, 0.1) is 12.2 Å². The zero-order chi connectivity index (χ0) is 7.52. The van der Waals surface area contributed by atoms with E-state index < -0.39 is 0 Å². The van der Waals surface area contributed by atoms with Gasteiger partial charge in [0.25, 0.3) is 0 Å². The van der Waals surface area contributed by atoms with Crippen molar-refractivity contribution >= 4 is 0 Å². The van der Waals surface area contributed by atoms with Crippen LogP contribution in [0.5, 0.6) is 0 Å². The smallest absolute Gasteiger partial charge is 0.0869 e. The van der Waals surface area contributed by atoms with Gasteiger partial charge in [0.15, 0.2) is 0 Å². The molecule has 0 saturated carbocycles. The number of nitrogens with zero attached hydrogens (tertiary/aromatic N) is 1. The van der Waals surface area contributed by atoms with Crippen molar-refractivity contribution in [3.63, 3.8) is 0 Å². The molecule has 2 aliphatic rings. The monoisotopic (exact) mass is 141 g/mol. The second-order valence-corrected chi connectivity index (χ2v) is 4.36. The van der Waals surface area contributed by atoms with Crippen molar-refractivity contribution in [3.05, 3.63) is 0 Å². The van der Waals surface area contributed by atoms with Crippen molar-refractivity contribution in [1.82, 2.24) is 10.4 Å². The van der Waals surface area contributed by atoms with Gasteiger partial charge in [-0.3, -0.25) is 0 Å². The van der Waals surface area contributed by atoms with E-state index in [1.165, 1.54) is 0 Å². The zero-order valence-electron chi connectivity index (χ0n) is 6.76. The molecule has 10 heavy (non-hydrogen) atoms. The van der Waals surface area contributed by atoms with E-state index in [2.05, 4.69) is 31.2 Å². The summed E-state index contributed by atoms with van der Waals surface area (Å²) in [7, 11) is 0. The Hall–Kier alpha value is -0.120. The number of rotatable bonds is 0. The molecule has 0 aromatic carbocycles. The summed E-state index contributed by atoms with van der Waals surface area (Å²) >= 11 is 0. The molecule has 0 amide bonds. The lowest BCUT2D eigenvalue weighted by Gasteiger charge is -2.22. The van der Waals surface area contributed by atoms with E-state index in [0.717, 1.165) is 0 Å². The van der Waals surface area contributed by atoms with Gasteiger partial charge in [0.1, 0.15) is 0 Å². The second-order valence-electron chi connectivity index (χ2n) is 4.36. The molecule has 0 radical (unpaired) electrons. The number of nitrogens with two attached hydrogens (primary N) is 1. The Balaban J connectivity index is 2.01. The van der Waals surface area contributed by atoms with Crippen molar-refractivity contribution in [2.75, 3.05) is 0 Å². The molecule has 0 aliphatic carbocycles. The Morgan fingerprint density at radius 3 is 2.10 bits per heavy atom. The predicted molar refractivity (Wildman–Crippen MR) is 40.0 cm³/mol. The van der Waals surface area contributed by atoms with E-state index in [9.17, 15) is 0 Å². The van der Waals surface area contributed by atoms with Gasteiger partial charge >= 0.3 is 0 Å². The van der Waals surface area contributed by atoms with Gasteiger partial charge < -0.3 is 5.73 Å². The summed E-state index contributed by atoms with van der Waals surface area (Å²) in [5.74, 6) is 0. The van der Waals surface area contributed by atoms with Gasteiger partial charge in [-0.1, -0.05) is 20.8 Å². The van der Waals surface area contributed by atoms with Crippen LogP contribution in [0.15, 0.2) is 0 Å². The molecule has 4 atom stereocenters. The van der Waals surface area contributed by atoms with Crippen LogP contribution in [-0.2, 0) is 0 Å². The standard InChI is InChI=1S/C7H15N3/c1-7(2,3)5-4-6(8)9-10(4)5/h4-6,9H,8H2,1-3H3. The maximum absolute atomic E-state index is 5.70. The van der Waals surface area contributed by atoms with E-state index in [1.807, 2.05) is 0 Å². The third kappa shape index (κ3) is 0.654. The van der Waals surface area contributed by atoms with Crippen LogP contribution in [0, 0.1) is 5.41 Å². The number of fused-ring (bicyclic) bond motifs is 1. The van der Waals surface area contributed by atoms with E-state index in [-0.39, 0.29) is 6.17 Å². The van der Waals surface area contributed by atoms with Gasteiger partial charge in [-0.25, -0.2) is 10.4 Å². The van der Waals surface area contributed by atoms with Crippen molar-refractivity contribution in [3.8, 4) is 0 Å². The first-order valence-electron chi connectivity index (χ1n) is 3.82. The van der Waals surface area contributed by atoms with E-state index in [0.29, 0.717) is 17.5 Å². The van der Waals surface area contributed by atoms with E-state index >= 15 is 0 Å². The van der Waals surface area contributed by atoms with Crippen LogP contribution >= 0.6 is 0 Å². The molecule has 3 N–H and O–H groups in total. The molecule has 58 valence electrons. The first-order chi connectivity index (χ1) is 4.52. The van der Waals surface area contributed by atoms with Gasteiger partial charge in [-0.2, -0.15) is 0 Å². The van der Waals surface area contributed by atoms with Crippen molar-refractivity contribution in [2.45, 2.75) is 39.0 Å². The molecule has 2 fully saturated rings. The Labute approximate surface area is 61.5 Å². The summed E-state index contributed by atoms with van der Waals surface area (Å²) in [6.45, 7) is 6.76. The molecule has 0 aromatic rings. The molecule has 0 spiro atoms. The maximum atomic E-state index is 5.70. The maximum Gasteiger partial charge on any atom is 0.0869 e. The Kier molecular flexibility index (Phi) is 1.02. The van der Waals surface area contributed by atoms with Crippen LogP contribution < -0.4 is 11.2 Å². The van der Waals surface area contributed by atoms with Crippen LogP contribution in [0.3, 0.4) is 0 Å². The zero-order valence-corrected chi connectivity index (χ0v) is 6.76. The topological polar surface area (TPSA) is 41.1 Å². The fraction of sp³-hybridized carbons (Fsp3) is 1.00. The number of nitrogens with one attached hydrogen (secondary N) is 1.